The highest BCUT2D eigenvalue weighted by Crippen LogP contribution is 2.31. The van der Waals surface area contributed by atoms with Crippen molar-refractivity contribution in [3.63, 3.8) is 0 Å². The standard InChI is InChI=1S/C16H15N3O3/c20-15(14-9-21-12-6-1-2-7-13(12)22-14)19-16-17-8-10-4-3-5-11(10)18-16/h1-2,6-8,14H,3-5,9H2,(H,17,18,19,20). The molecule has 1 amide bonds. The molecular weight excluding hydrogens is 282 g/mol. The molecule has 4 rings (SSSR count). The Morgan fingerprint density at radius 2 is 2.09 bits per heavy atom. The van der Waals surface area contributed by atoms with Gasteiger partial charge in [0.05, 0.1) is 0 Å². The lowest BCUT2D eigenvalue weighted by Gasteiger charge is -2.25. The number of ether oxygens (including phenoxy) is 2. The van der Waals surface area contributed by atoms with Crippen molar-refractivity contribution in [2.45, 2.75) is 25.4 Å². The largest absolute Gasteiger partial charge is 0.485 e. The number of aryl methyl sites for hydroxylation is 2. The second kappa shape index (κ2) is 5.29. The first-order valence-electron chi connectivity index (χ1n) is 7.34. The first-order chi connectivity index (χ1) is 10.8. The second-order valence-corrected chi connectivity index (χ2v) is 5.37. The Morgan fingerprint density at radius 1 is 1.23 bits per heavy atom. The summed E-state index contributed by atoms with van der Waals surface area (Å²) in [5.74, 6) is 1.25. The monoisotopic (exact) mass is 297 g/mol. The molecule has 2 aliphatic rings. The molecule has 0 radical (unpaired) electrons. The number of nitrogens with one attached hydrogen (secondary N) is 1. The van der Waals surface area contributed by atoms with E-state index in [0.29, 0.717) is 17.4 Å². The summed E-state index contributed by atoms with van der Waals surface area (Å²) in [5, 5.41) is 2.71. The molecule has 0 saturated heterocycles. The van der Waals surface area contributed by atoms with Crippen molar-refractivity contribution in [2.75, 3.05) is 11.9 Å². The van der Waals surface area contributed by atoms with Gasteiger partial charge >= 0.3 is 0 Å². The summed E-state index contributed by atoms with van der Waals surface area (Å²) in [4.78, 5) is 20.9. The van der Waals surface area contributed by atoms with Crippen molar-refractivity contribution in [1.82, 2.24) is 9.97 Å². The number of para-hydroxylation sites is 2. The number of aromatic nitrogens is 2. The number of hydrogen-bond acceptors (Lipinski definition) is 5. The van der Waals surface area contributed by atoms with Crippen LogP contribution in [0.1, 0.15) is 17.7 Å². The van der Waals surface area contributed by atoms with Crippen LogP contribution in [-0.4, -0.2) is 28.6 Å². The molecule has 0 saturated carbocycles. The molecule has 2 heterocycles. The van der Waals surface area contributed by atoms with E-state index in [2.05, 4.69) is 15.3 Å². The molecule has 1 aliphatic heterocycles. The van der Waals surface area contributed by atoms with Gasteiger partial charge in [0.2, 0.25) is 12.1 Å². The molecule has 0 fully saturated rings. The van der Waals surface area contributed by atoms with Crippen molar-refractivity contribution >= 4 is 11.9 Å². The van der Waals surface area contributed by atoms with Crippen molar-refractivity contribution in [2.24, 2.45) is 0 Å². The number of anilines is 1. The van der Waals surface area contributed by atoms with Crippen LogP contribution in [0.2, 0.25) is 0 Å². The molecule has 6 heteroatoms. The van der Waals surface area contributed by atoms with Crippen molar-refractivity contribution in [1.29, 1.82) is 0 Å². The molecule has 0 spiro atoms. The molecule has 2 aromatic rings. The Labute approximate surface area is 127 Å². The minimum absolute atomic E-state index is 0.174. The van der Waals surface area contributed by atoms with Gasteiger partial charge in [-0.2, -0.15) is 0 Å². The highest BCUT2D eigenvalue weighted by molar-refractivity contribution is 5.93. The Balaban J connectivity index is 1.47. The highest BCUT2D eigenvalue weighted by atomic mass is 16.6. The van der Waals surface area contributed by atoms with Crippen LogP contribution in [0.15, 0.2) is 30.5 Å². The fourth-order valence-corrected chi connectivity index (χ4v) is 2.71. The molecule has 1 aliphatic carbocycles. The number of nitrogens with zero attached hydrogens (tertiary/aromatic N) is 2. The Hall–Kier alpha value is -2.63. The maximum absolute atomic E-state index is 12.3. The summed E-state index contributed by atoms with van der Waals surface area (Å²) in [6.07, 6.45) is 4.14. The summed E-state index contributed by atoms with van der Waals surface area (Å²) in [7, 11) is 0. The van der Waals surface area contributed by atoms with Crippen LogP contribution in [0.4, 0.5) is 5.95 Å². The van der Waals surface area contributed by atoms with Crippen molar-refractivity contribution in [3.8, 4) is 11.5 Å². The maximum atomic E-state index is 12.3. The predicted molar refractivity (Wildman–Crippen MR) is 79.0 cm³/mol. The number of hydrogen-bond donors (Lipinski definition) is 1. The minimum Gasteiger partial charge on any atom is -0.485 e. The molecule has 112 valence electrons. The fraction of sp³-hybridized carbons (Fsp3) is 0.312. The van der Waals surface area contributed by atoms with Crippen LogP contribution in [0, 0.1) is 0 Å². The summed E-state index contributed by atoms with van der Waals surface area (Å²) in [5.41, 5.74) is 2.20. The molecule has 1 aromatic carbocycles. The summed E-state index contributed by atoms with van der Waals surface area (Å²) in [6.45, 7) is 0.174. The van der Waals surface area contributed by atoms with E-state index >= 15 is 0 Å². The maximum Gasteiger partial charge on any atom is 0.271 e. The number of carbonyl (C=O) groups is 1. The zero-order valence-corrected chi connectivity index (χ0v) is 11.9. The number of rotatable bonds is 2. The Morgan fingerprint density at radius 3 is 3.00 bits per heavy atom. The van der Waals surface area contributed by atoms with Gasteiger partial charge in [-0.05, 0) is 37.0 Å². The third kappa shape index (κ3) is 2.36. The summed E-state index contributed by atoms with van der Waals surface area (Å²) < 4.78 is 11.2. The normalized spacial score (nSPS) is 18.6. The topological polar surface area (TPSA) is 73.3 Å². The van der Waals surface area contributed by atoms with Gasteiger partial charge in [0.15, 0.2) is 11.5 Å². The van der Waals surface area contributed by atoms with Crippen molar-refractivity contribution in [3.05, 3.63) is 41.7 Å². The van der Waals surface area contributed by atoms with Crippen LogP contribution in [0.25, 0.3) is 0 Å². The number of fused-ring (bicyclic) bond motifs is 2. The average molecular weight is 297 g/mol. The first kappa shape index (κ1) is 13.1. The van der Waals surface area contributed by atoms with E-state index in [1.54, 1.807) is 12.3 Å². The molecule has 22 heavy (non-hydrogen) atoms. The molecular formula is C16H15N3O3. The van der Waals surface area contributed by atoms with Crippen LogP contribution in [0.5, 0.6) is 11.5 Å². The van der Waals surface area contributed by atoms with E-state index < -0.39 is 6.10 Å². The van der Waals surface area contributed by atoms with Gasteiger partial charge in [-0.1, -0.05) is 12.1 Å². The lowest BCUT2D eigenvalue weighted by atomic mass is 10.2. The van der Waals surface area contributed by atoms with E-state index in [4.69, 9.17) is 9.47 Å². The highest BCUT2D eigenvalue weighted by Gasteiger charge is 2.28. The SMILES string of the molecule is O=C(Nc1ncc2c(n1)CCC2)C1COc2ccccc2O1. The Bertz CT molecular complexity index is 732. The molecule has 1 unspecified atom stereocenters. The quantitative estimate of drug-likeness (QED) is 0.914. The molecule has 1 aromatic heterocycles. The van der Waals surface area contributed by atoms with Gasteiger partial charge < -0.3 is 9.47 Å². The number of benzene rings is 1. The summed E-state index contributed by atoms with van der Waals surface area (Å²) in [6, 6.07) is 7.29. The Kier molecular flexibility index (Phi) is 3.14. The first-order valence-corrected chi connectivity index (χ1v) is 7.34. The van der Waals surface area contributed by atoms with Gasteiger partial charge in [0.1, 0.15) is 6.61 Å². The van der Waals surface area contributed by atoms with Gasteiger partial charge in [0.25, 0.3) is 5.91 Å². The zero-order valence-electron chi connectivity index (χ0n) is 11.9. The van der Waals surface area contributed by atoms with Crippen LogP contribution in [-0.2, 0) is 17.6 Å². The second-order valence-electron chi connectivity index (χ2n) is 5.37. The van der Waals surface area contributed by atoms with Gasteiger partial charge in [-0.3, -0.25) is 10.1 Å². The van der Waals surface area contributed by atoms with Crippen LogP contribution >= 0.6 is 0 Å². The van der Waals surface area contributed by atoms with E-state index in [1.165, 1.54) is 5.56 Å². The smallest absolute Gasteiger partial charge is 0.271 e. The number of carbonyl (C=O) groups excluding carboxylic acids is 1. The number of amides is 1. The fourth-order valence-electron chi connectivity index (χ4n) is 2.71. The average Bonchev–Trinajstić information content (AvgIpc) is 3.02. The van der Waals surface area contributed by atoms with Crippen LogP contribution in [0.3, 0.4) is 0 Å². The summed E-state index contributed by atoms with van der Waals surface area (Å²) >= 11 is 0. The van der Waals surface area contributed by atoms with E-state index in [1.807, 2.05) is 18.2 Å². The zero-order chi connectivity index (χ0) is 14.9. The van der Waals surface area contributed by atoms with E-state index in [9.17, 15) is 4.79 Å². The van der Waals surface area contributed by atoms with Crippen molar-refractivity contribution < 1.29 is 14.3 Å². The molecule has 0 bridgehead atoms. The molecule has 6 nitrogen and oxygen atoms in total. The molecule has 1 atom stereocenters. The van der Waals surface area contributed by atoms with E-state index in [0.717, 1.165) is 25.0 Å². The van der Waals surface area contributed by atoms with Gasteiger partial charge in [-0.25, -0.2) is 9.97 Å². The third-order valence-electron chi connectivity index (χ3n) is 3.85. The lowest BCUT2D eigenvalue weighted by Crippen LogP contribution is -2.40. The molecule has 1 N–H and O–H groups in total. The predicted octanol–water partition coefficient (Wildman–Crippen LogP) is 1.74. The van der Waals surface area contributed by atoms with Gasteiger partial charge in [0, 0.05) is 11.9 Å². The van der Waals surface area contributed by atoms with E-state index in [-0.39, 0.29) is 12.5 Å². The third-order valence-corrected chi connectivity index (χ3v) is 3.85. The minimum atomic E-state index is -0.702. The lowest BCUT2D eigenvalue weighted by molar-refractivity contribution is -0.125. The van der Waals surface area contributed by atoms with Gasteiger partial charge in [-0.15, -0.1) is 0 Å². The van der Waals surface area contributed by atoms with Crippen LogP contribution < -0.4 is 14.8 Å².